The molecule has 1 N–H and O–H groups in total. The van der Waals surface area contributed by atoms with Gasteiger partial charge in [-0.05, 0) is 0 Å². The lowest BCUT2D eigenvalue weighted by molar-refractivity contribution is 0.140. The highest BCUT2D eigenvalue weighted by atomic mass is 32.1. The standard InChI is InChI=1S/C10H17N3O2S/c1-7(2)11-5-9-12-13-10(16-9)15-8-3-4-14-6-8/h7-8,11H,3-6H2,1-2H3. The summed E-state index contributed by atoms with van der Waals surface area (Å²) in [6, 6.07) is 0.455. The predicted molar refractivity (Wildman–Crippen MR) is 61.7 cm³/mol. The lowest BCUT2D eigenvalue weighted by Crippen LogP contribution is -2.21. The third-order valence-corrected chi connectivity index (χ3v) is 3.08. The van der Waals surface area contributed by atoms with Crippen molar-refractivity contribution in [2.24, 2.45) is 0 Å². The second-order valence-corrected chi connectivity index (χ2v) is 5.13. The summed E-state index contributed by atoms with van der Waals surface area (Å²) >= 11 is 1.50. The molecule has 1 atom stereocenters. The van der Waals surface area contributed by atoms with E-state index in [-0.39, 0.29) is 6.10 Å². The van der Waals surface area contributed by atoms with Crippen molar-refractivity contribution in [3.05, 3.63) is 5.01 Å². The Labute approximate surface area is 99.2 Å². The van der Waals surface area contributed by atoms with E-state index in [1.807, 2.05) is 0 Å². The normalized spacial score (nSPS) is 20.6. The van der Waals surface area contributed by atoms with E-state index in [2.05, 4.69) is 29.4 Å². The van der Waals surface area contributed by atoms with Crippen LogP contribution in [0.15, 0.2) is 0 Å². The van der Waals surface area contributed by atoms with E-state index in [0.29, 0.717) is 17.8 Å². The summed E-state index contributed by atoms with van der Waals surface area (Å²) in [6.45, 7) is 6.41. The van der Waals surface area contributed by atoms with Crippen molar-refractivity contribution in [3.63, 3.8) is 0 Å². The molecule has 90 valence electrons. The Kier molecular flexibility index (Phi) is 4.09. The number of hydrogen-bond acceptors (Lipinski definition) is 6. The Morgan fingerprint density at radius 3 is 3.12 bits per heavy atom. The molecule has 1 aliphatic rings. The molecule has 1 unspecified atom stereocenters. The first-order chi connectivity index (χ1) is 7.74. The molecule has 1 saturated heterocycles. The fourth-order valence-electron chi connectivity index (χ4n) is 1.40. The maximum Gasteiger partial charge on any atom is 0.294 e. The topological polar surface area (TPSA) is 56.3 Å². The molecular formula is C10H17N3O2S. The molecule has 5 nitrogen and oxygen atoms in total. The van der Waals surface area contributed by atoms with Gasteiger partial charge in [-0.1, -0.05) is 30.3 Å². The molecule has 6 heteroatoms. The SMILES string of the molecule is CC(C)NCc1nnc(OC2CCOC2)s1. The minimum Gasteiger partial charge on any atom is -0.463 e. The number of nitrogens with zero attached hydrogens (tertiary/aromatic N) is 2. The molecule has 0 spiro atoms. The Balaban J connectivity index is 1.81. The van der Waals surface area contributed by atoms with Gasteiger partial charge in [-0.3, -0.25) is 0 Å². The van der Waals surface area contributed by atoms with Crippen LogP contribution in [0.4, 0.5) is 0 Å². The molecule has 0 amide bonds. The van der Waals surface area contributed by atoms with Crippen LogP contribution in [0.3, 0.4) is 0 Å². The van der Waals surface area contributed by atoms with Gasteiger partial charge in [-0.15, -0.1) is 5.10 Å². The first-order valence-corrected chi connectivity index (χ1v) is 6.36. The summed E-state index contributed by atoms with van der Waals surface area (Å²) in [7, 11) is 0. The number of hydrogen-bond donors (Lipinski definition) is 1. The molecule has 0 aliphatic carbocycles. The molecule has 1 aromatic rings. The van der Waals surface area contributed by atoms with Gasteiger partial charge in [0.15, 0.2) is 0 Å². The Bertz CT molecular complexity index is 324. The van der Waals surface area contributed by atoms with Gasteiger partial charge in [0.1, 0.15) is 11.1 Å². The molecule has 1 aromatic heterocycles. The van der Waals surface area contributed by atoms with Crippen molar-refractivity contribution >= 4 is 11.3 Å². The van der Waals surface area contributed by atoms with Gasteiger partial charge in [-0.25, -0.2) is 0 Å². The molecule has 0 radical (unpaired) electrons. The van der Waals surface area contributed by atoms with Gasteiger partial charge in [0.2, 0.25) is 0 Å². The van der Waals surface area contributed by atoms with E-state index in [1.165, 1.54) is 11.3 Å². The van der Waals surface area contributed by atoms with E-state index in [4.69, 9.17) is 9.47 Å². The zero-order chi connectivity index (χ0) is 11.4. The summed E-state index contributed by atoms with van der Waals surface area (Å²) in [5.41, 5.74) is 0. The van der Waals surface area contributed by atoms with Crippen LogP contribution in [0.2, 0.25) is 0 Å². The quantitative estimate of drug-likeness (QED) is 0.842. The van der Waals surface area contributed by atoms with Crippen molar-refractivity contribution in [2.75, 3.05) is 13.2 Å². The zero-order valence-electron chi connectivity index (χ0n) is 9.60. The van der Waals surface area contributed by atoms with Crippen LogP contribution in [0, 0.1) is 0 Å². The van der Waals surface area contributed by atoms with Gasteiger partial charge in [0, 0.05) is 12.5 Å². The number of rotatable bonds is 5. The van der Waals surface area contributed by atoms with Crippen molar-refractivity contribution in [1.82, 2.24) is 15.5 Å². The van der Waals surface area contributed by atoms with Crippen molar-refractivity contribution in [1.29, 1.82) is 0 Å². The fourth-order valence-corrected chi connectivity index (χ4v) is 2.10. The molecule has 0 bridgehead atoms. The van der Waals surface area contributed by atoms with Crippen molar-refractivity contribution in [3.8, 4) is 5.19 Å². The van der Waals surface area contributed by atoms with E-state index in [9.17, 15) is 0 Å². The monoisotopic (exact) mass is 243 g/mol. The summed E-state index contributed by atoms with van der Waals surface area (Å²) in [5, 5.41) is 13.0. The van der Waals surface area contributed by atoms with E-state index in [0.717, 1.165) is 24.6 Å². The molecular weight excluding hydrogens is 226 g/mol. The maximum atomic E-state index is 5.65. The van der Waals surface area contributed by atoms with Crippen LogP contribution >= 0.6 is 11.3 Å². The highest BCUT2D eigenvalue weighted by Crippen LogP contribution is 2.21. The lowest BCUT2D eigenvalue weighted by atomic mass is 10.3. The molecule has 2 heterocycles. The van der Waals surface area contributed by atoms with Crippen molar-refractivity contribution in [2.45, 2.75) is 39.0 Å². The van der Waals surface area contributed by atoms with Gasteiger partial charge < -0.3 is 14.8 Å². The van der Waals surface area contributed by atoms with Gasteiger partial charge >= 0.3 is 0 Å². The zero-order valence-corrected chi connectivity index (χ0v) is 10.4. The summed E-state index contributed by atoms with van der Waals surface area (Å²) in [4.78, 5) is 0. The summed E-state index contributed by atoms with van der Waals surface area (Å²) in [5.74, 6) is 0. The smallest absolute Gasteiger partial charge is 0.294 e. The molecule has 2 rings (SSSR count). The average molecular weight is 243 g/mol. The third-order valence-electron chi connectivity index (χ3n) is 2.27. The lowest BCUT2D eigenvalue weighted by Gasteiger charge is -2.06. The van der Waals surface area contributed by atoms with Gasteiger partial charge in [0.25, 0.3) is 5.19 Å². The highest BCUT2D eigenvalue weighted by molar-refractivity contribution is 7.13. The van der Waals surface area contributed by atoms with Crippen LogP contribution in [0.1, 0.15) is 25.3 Å². The predicted octanol–water partition coefficient (Wildman–Crippen LogP) is 1.20. The van der Waals surface area contributed by atoms with Gasteiger partial charge in [-0.2, -0.15) is 0 Å². The minimum atomic E-state index is 0.152. The van der Waals surface area contributed by atoms with Crippen LogP contribution in [-0.4, -0.2) is 35.6 Å². The minimum absolute atomic E-state index is 0.152. The van der Waals surface area contributed by atoms with Crippen LogP contribution in [0.5, 0.6) is 5.19 Å². The van der Waals surface area contributed by atoms with E-state index < -0.39 is 0 Å². The molecule has 0 saturated carbocycles. The summed E-state index contributed by atoms with van der Waals surface area (Å²) < 4.78 is 10.9. The Morgan fingerprint density at radius 1 is 1.56 bits per heavy atom. The van der Waals surface area contributed by atoms with Crippen molar-refractivity contribution < 1.29 is 9.47 Å². The van der Waals surface area contributed by atoms with Gasteiger partial charge in [0.05, 0.1) is 19.8 Å². The number of ether oxygens (including phenoxy) is 2. The maximum absolute atomic E-state index is 5.65. The second-order valence-electron chi connectivity index (χ2n) is 4.10. The van der Waals surface area contributed by atoms with Crippen LogP contribution in [0.25, 0.3) is 0 Å². The number of aromatic nitrogens is 2. The first-order valence-electron chi connectivity index (χ1n) is 5.54. The molecule has 16 heavy (non-hydrogen) atoms. The highest BCUT2D eigenvalue weighted by Gasteiger charge is 2.19. The number of nitrogens with one attached hydrogen (secondary N) is 1. The molecule has 1 aliphatic heterocycles. The molecule has 1 fully saturated rings. The summed E-state index contributed by atoms with van der Waals surface area (Å²) in [6.07, 6.45) is 1.10. The van der Waals surface area contributed by atoms with E-state index in [1.54, 1.807) is 0 Å². The fraction of sp³-hybridized carbons (Fsp3) is 0.800. The van der Waals surface area contributed by atoms with E-state index >= 15 is 0 Å². The first kappa shape index (κ1) is 11.8. The largest absolute Gasteiger partial charge is 0.463 e. The Hall–Kier alpha value is -0.720. The Morgan fingerprint density at radius 2 is 2.44 bits per heavy atom. The van der Waals surface area contributed by atoms with Crippen LogP contribution < -0.4 is 10.1 Å². The van der Waals surface area contributed by atoms with Crippen LogP contribution in [-0.2, 0) is 11.3 Å². The third kappa shape index (κ3) is 3.40. The second kappa shape index (κ2) is 5.56. The average Bonchev–Trinajstić information content (AvgIpc) is 2.87. The molecule has 0 aromatic carbocycles.